The van der Waals surface area contributed by atoms with Crippen molar-refractivity contribution in [2.24, 2.45) is 5.73 Å². The predicted molar refractivity (Wildman–Crippen MR) is 69.9 cm³/mol. The summed E-state index contributed by atoms with van der Waals surface area (Å²) >= 11 is 5.95. The molecule has 0 aliphatic carbocycles. The van der Waals surface area contributed by atoms with Crippen LogP contribution in [0.2, 0.25) is 5.02 Å². The minimum absolute atomic E-state index is 0.0238. The Kier molecular flexibility index (Phi) is 4.41. The van der Waals surface area contributed by atoms with Crippen LogP contribution in [0.1, 0.15) is 12.5 Å². The molecule has 112 valence electrons. The summed E-state index contributed by atoms with van der Waals surface area (Å²) < 4.78 is 43.3. The molecule has 20 heavy (non-hydrogen) atoms. The van der Waals surface area contributed by atoms with E-state index in [1.807, 2.05) is 11.8 Å². The van der Waals surface area contributed by atoms with E-state index in [4.69, 9.17) is 22.1 Å². The molecule has 0 saturated carbocycles. The van der Waals surface area contributed by atoms with Gasteiger partial charge in [-0.25, -0.2) is 4.98 Å². The molecule has 2 N–H and O–H groups in total. The molecule has 2 atom stereocenters. The highest BCUT2D eigenvalue weighted by Gasteiger charge is 2.33. The molecule has 0 amide bonds. The summed E-state index contributed by atoms with van der Waals surface area (Å²) in [6.07, 6.45) is -3.83. The van der Waals surface area contributed by atoms with Gasteiger partial charge in [-0.2, -0.15) is 13.2 Å². The molecule has 2 unspecified atom stereocenters. The molecule has 1 saturated heterocycles. The molecule has 1 fully saturated rings. The lowest BCUT2D eigenvalue weighted by molar-refractivity contribution is -0.137. The number of hydrogen-bond donors (Lipinski definition) is 1. The van der Waals surface area contributed by atoms with E-state index >= 15 is 0 Å². The summed E-state index contributed by atoms with van der Waals surface area (Å²) in [4.78, 5) is 5.69. The number of hydrogen-bond acceptors (Lipinski definition) is 4. The fraction of sp³-hybridized carbons (Fsp3) is 0.583. The zero-order valence-corrected chi connectivity index (χ0v) is 11.6. The van der Waals surface area contributed by atoms with E-state index in [9.17, 15) is 13.2 Å². The van der Waals surface area contributed by atoms with Gasteiger partial charge < -0.3 is 15.4 Å². The van der Waals surface area contributed by atoms with Gasteiger partial charge in [0.15, 0.2) is 0 Å². The van der Waals surface area contributed by atoms with E-state index in [-0.39, 0.29) is 17.2 Å². The van der Waals surface area contributed by atoms with E-state index < -0.39 is 11.7 Å². The minimum atomic E-state index is -4.45. The highest BCUT2D eigenvalue weighted by molar-refractivity contribution is 6.33. The Morgan fingerprint density at radius 3 is 2.80 bits per heavy atom. The lowest BCUT2D eigenvalue weighted by atomic mass is 10.2. The number of aromatic nitrogens is 1. The maximum absolute atomic E-state index is 12.6. The molecule has 1 aromatic rings. The molecule has 4 nitrogen and oxygen atoms in total. The molecule has 1 aliphatic rings. The fourth-order valence-electron chi connectivity index (χ4n) is 2.05. The lowest BCUT2D eigenvalue weighted by Crippen LogP contribution is -2.51. The quantitative estimate of drug-likeness (QED) is 0.911. The second kappa shape index (κ2) is 5.75. The summed E-state index contributed by atoms with van der Waals surface area (Å²) in [5, 5.41) is -0.0238. The monoisotopic (exact) mass is 309 g/mol. The SMILES string of the molecule is CC1COC(CN)CN1c1ncc(C(F)(F)F)cc1Cl. The van der Waals surface area contributed by atoms with Gasteiger partial charge >= 0.3 is 6.18 Å². The van der Waals surface area contributed by atoms with Crippen LogP contribution in [0, 0.1) is 0 Å². The molecule has 0 bridgehead atoms. The van der Waals surface area contributed by atoms with Gasteiger partial charge in [-0.15, -0.1) is 0 Å². The summed E-state index contributed by atoms with van der Waals surface area (Å²) in [7, 11) is 0. The molecule has 0 radical (unpaired) electrons. The van der Waals surface area contributed by atoms with Gasteiger partial charge in [0.25, 0.3) is 0 Å². The van der Waals surface area contributed by atoms with Crippen LogP contribution in [-0.4, -0.2) is 36.8 Å². The first-order valence-electron chi connectivity index (χ1n) is 6.14. The highest BCUT2D eigenvalue weighted by atomic mass is 35.5. The van der Waals surface area contributed by atoms with Gasteiger partial charge in [-0.1, -0.05) is 11.6 Å². The molecule has 2 rings (SSSR count). The number of halogens is 4. The standard InChI is InChI=1S/C12H15ClF3N3O/c1-7-6-20-9(3-17)5-19(7)11-10(13)2-8(4-18-11)12(14,15)16/h2,4,7,9H,3,5-6,17H2,1H3. The Balaban J connectivity index is 2.28. The van der Waals surface area contributed by atoms with Crippen LogP contribution >= 0.6 is 11.6 Å². The Hall–Kier alpha value is -1.05. The smallest absolute Gasteiger partial charge is 0.373 e. The largest absolute Gasteiger partial charge is 0.417 e. The number of morpholine rings is 1. The van der Waals surface area contributed by atoms with Crippen molar-refractivity contribution in [1.29, 1.82) is 0 Å². The third-order valence-electron chi connectivity index (χ3n) is 3.19. The second-order valence-electron chi connectivity index (χ2n) is 4.72. The average Bonchev–Trinajstić information content (AvgIpc) is 2.38. The van der Waals surface area contributed by atoms with Crippen LogP contribution in [0.3, 0.4) is 0 Å². The van der Waals surface area contributed by atoms with Crippen molar-refractivity contribution >= 4 is 17.4 Å². The molecular formula is C12H15ClF3N3O. The number of nitrogens with zero attached hydrogens (tertiary/aromatic N) is 2. The maximum Gasteiger partial charge on any atom is 0.417 e. The summed E-state index contributed by atoms with van der Waals surface area (Å²) in [6.45, 7) is 3.11. The van der Waals surface area contributed by atoms with Crippen molar-refractivity contribution < 1.29 is 17.9 Å². The Labute approximate surface area is 119 Å². The number of pyridine rings is 1. The number of rotatable bonds is 2. The molecule has 1 aromatic heterocycles. The molecule has 0 spiro atoms. The van der Waals surface area contributed by atoms with E-state index in [0.29, 0.717) is 25.5 Å². The molecule has 1 aliphatic heterocycles. The lowest BCUT2D eigenvalue weighted by Gasteiger charge is -2.38. The van der Waals surface area contributed by atoms with Crippen LogP contribution in [-0.2, 0) is 10.9 Å². The van der Waals surface area contributed by atoms with Crippen molar-refractivity contribution in [3.8, 4) is 0 Å². The van der Waals surface area contributed by atoms with Crippen molar-refractivity contribution in [3.05, 3.63) is 22.8 Å². The third kappa shape index (κ3) is 3.16. The number of ether oxygens (including phenoxy) is 1. The van der Waals surface area contributed by atoms with Crippen molar-refractivity contribution in [2.45, 2.75) is 25.2 Å². The molecule has 2 heterocycles. The Bertz CT molecular complexity index is 484. The topological polar surface area (TPSA) is 51.4 Å². The zero-order valence-electron chi connectivity index (χ0n) is 10.8. The summed E-state index contributed by atoms with van der Waals surface area (Å²) in [5.74, 6) is 0.328. The first kappa shape index (κ1) is 15.3. The van der Waals surface area contributed by atoms with Gasteiger partial charge in [0, 0.05) is 19.3 Å². The van der Waals surface area contributed by atoms with Gasteiger partial charge in [0.2, 0.25) is 0 Å². The average molecular weight is 310 g/mol. The zero-order chi connectivity index (χ0) is 14.9. The van der Waals surface area contributed by atoms with E-state index in [2.05, 4.69) is 4.98 Å². The van der Waals surface area contributed by atoms with Gasteiger partial charge in [-0.3, -0.25) is 0 Å². The van der Waals surface area contributed by atoms with E-state index in [1.54, 1.807) is 0 Å². The van der Waals surface area contributed by atoms with Gasteiger partial charge in [-0.05, 0) is 13.0 Å². The second-order valence-corrected chi connectivity index (χ2v) is 5.13. The Morgan fingerprint density at radius 1 is 1.55 bits per heavy atom. The van der Waals surface area contributed by atoms with Crippen molar-refractivity contribution in [2.75, 3.05) is 24.6 Å². The maximum atomic E-state index is 12.6. The van der Waals surface area contributed by atoms with Crippen LogP contribution < -0.4 is 10.6 Å². The fourth-order valence-corrected chi connectivity index (χ4v) is 2.33. The van der Waals surface area contributed by atoms with E-state index in [1.165, 1.54) is 0 Å². The van der Waals surface area contributed by atoms with Gasteiger partial charge in [0.1, 0.15) is 5.82 Å². The number of nitrogens with two attached hydrogens (primary N) is 1. The predicted octanol–water partition coefficient (Wildman–Crippen LogP) is 2.31. The number of anilines is 1. The molecule has 8 heteroatoms. The van der Waals surface area contributed by atoms with E-state index in [0.717, 1.165) is 12.3 Å². The van der Waals surface area contributed by atoms with Crippen LogP contribution in [0.15, 0.2) is 12.3 Å². The molecular weight excluding hydrogens is 295 g/mol. The molecule has 0 aromatic carbocycles. The first-order chi connectivity index (χ1) is 9.32. The van der Waals surface area contributed by atoms with Crippen LogP contribution in [0.25, 0.3) is 0 Å². The minimum Gasteiger partial charge on any atom is -0.373 e. The van der Waals surface area contributed by atoms with Gasteiger partial charge in [0.05, 0.1) is 29.3 Å². The third-order valence-corrected chi connectivity index (χ3v) is 3.47. The number of alkyl halides is 3. The Morgan fingerprint density at radius 2 is 2.25 bits per heavy atom. The van der Waals surface area contributed by atoms with Crippen LogP contribution in [0.4, 0.5) is 19.0 Å². The normalized spacial score (nSPS) is 24.0. The first-order valence-corrected chi connectivity index (χ1v) is 6.51. The summed E-state index contributed by atoms with van der Waals surface area (Å²) in [6, 6.07) is 0.864. The highest BCUT2D eigenvalue weighted by Crippen LogP contribution is 2.34. The van der Waals surface area contributed by atoms with Crippen molar-refractivity contribution in [3.63, 3.8) is 0 Å². The van der Waals surface area contributed by atoms with Crippen molar-refractivity contribution in [1.82, 2.24) is 4.98 Å². The summed E-state index contributed by atoms with van der Waals surface area (Å²) in [5.41, 5.74) is 4.70. The van der Waals surface area contributed by atoms with Crippen LogP contribution in [0.5, 0.6) is 0 Å².